The summed E-state index contributed by atoms with van der Waals surface area (Å²) in [7, 11) is 1.51. The fraction of sp³-hybridized carbons (Fsp3) is 0.0526. The molecule has 5 heteroatoms. The first-order valence-electron chi connectivity index (χ1n) is 7.43. The minimum absolute atomic E-state index is 0.00380. The molecule has 0 fully saturated rings. The number of hydrogen-bond acceptors (Lipinski definition) is 4. The molecular weight excluding hydrogens is 304 g/mol. The van der Waals surface area contributed by atoms with Gasteiger partial charge in [0.2, 0.25) is 0 Å². The molecule has 120 valence electrons. The van der Waals surface area contributed by atoms with E-state index < -0.39 is 4.92 Å². The van der Waals surface area contributed by atoms with Crippen molar-refractivity contribution in [3.63, 3.8) is 0 Å². The van der Waals surface area contributed by atoms with Crippen LogP contribution in [0.2, 0.25) is 0 Å². The van der Waals surface area contributed by atoms with Gasteiger partial charge in [0.1, 0.15) is 5.75 Å². The van der Waals surface area contributed by atoms with Gasteiger partial charge in [-0.25, -0.2) is 0 Å². The van der Waals surface area contributed by atoms with Gasteiger partial charge in [-0.05, 0) is 24.3 Å². The van der Waals surface area contributed by atoms with Crippen LogP contribution in [0, 0.1) is 10.1 Å². The highest BCUT2D eigenvalue weighted by Crippen LogP contribution is 2.38. The maximum absolute atomic E-state index is 11.0. The lowest BCUT2D eigenvalue weighted by atomic mass is 10.0. The summed E-state index contributed by atoms with van der Waals surface area (Å²) in [6.07, 6.45) is 0. The Balaban J connectivity index is 2.05. The Kier molecular flexibility index (Phi) is 4.43. The lowest BCUT2D eigenvalue weighted by molar-refractivity contribution is -0.384. The predicted molar refractivity (Wildman–Crippen MR) is 94.8 cm³/mol. The van der Waals surface area contributed by atoms with Crippen LogP contribution in [-0.2, 0) is 0 Å². The van der Waals surface area contributed by atoms with Crippen molar-refractivity contribution >= 4 is 17.1 Å². The van der Waals surface area contributed by atoms with Crippen molar-refractivity contribution in [3.05, 3.63) is 82.9 Å². The first-order chi connectivity index (χ1) is 11.7. The molecule has 0 heterocycles. The normalized spacial score (nSPS) is 10.2. The van der Waals surface area contributed by atoms with Crippen molar-refractivity contribution < 1.29 is 9.66 Å². The summed E-state index contributed by atoms with van der Waals surface area (Å²) in [5, 5.41) is 14.3. The third-order valence-electron chi connectivity index (χ3n) is 3.67. The molecule has 0 spiro atoms. The van der Waals surface area contributed by atoms with Gasteiger partial charge in [0.15, 0.2) is 0 Å². The van der Waals surface area contributed by atoms with Crippen molar-refractivity contribution in [1.29, 1.82) is 0 Å². The van der Waals surface area contributed by atoms with E-state index in [9.17, 15) is 10.1 Å². The minimum atomic E-state index is -0.430. The summed E-state index contributed by atoms with van der Waals surface area (Å²) < 4.78 is 5.36. The predicted octanol–water partition coefficient (Wildman–Crippen LogP) is 5.01. The molecule has 0 saturated heterocycles. The Bertz CT molecular complexity index is 863. The Morgan fingerprint density at radius 3 is 2.33 bits per heavy atom. The highest BCUT2D eigenvalue weighted by Gasteiger charge is 2.15. The van der Waals surface area contributed by atoms with Gasteiger partial charge in [0.25, 0.3) is 5.69 Å². The summed E-state index contributed by atoms with van der Waals surface area (Å²) in [4.78, 5) is 10.5. The zero-order chi connectivity index (χ0) is 16.9. The van der Waals surface area contributed by atoms with E-state index in [1.54, 1.807) is 6.07 Å². The Hall–Kier alpha value is -3.34. The smallest absolute Gasteiger partial charge is 0.273 e. The molecule has 24 heavy (non-hydrogen) atoms. The number of non-ortho nitro benzene ring substituents is 1. The zero-order valence-corrected chi connectivity index (χ0v) is 13.1. The van der Waals surface area contributed by atoms with Crippen LogP contribution in [0.4, 0.5) is 17.1 Å². The number of hydrogen-bond donors (Lipinski definition) is 1. The summed E-state index contributed by atoms with van der Waals surface area (Å²) in [6.45, 7) is 0. The Morgan fingerprint density at radius 2 is 1.62 bits per heavy atom. The maximum Gasteiger partial charge on any atom is 0.273 e. The topological polar surface area (TPSA) is 64.4 Å². The summed E-state index contributed by atoms with van der Waals surface area (Å²) >= 11 is 0. The van der Waals surface area contributed by atoms with Crippen molar-refractivity contribution in [2.45, 2.75) is 0 Å². The van der Waals surface area contributed by atoms with Crippen LogP contribution in [0.5, 0.6) is 5.75 Å². The van der Waals surface area contributed by atoms with Crippen molar-refractivity contribution in [2.75, 3.05) is 12.4 Å². The van der Waals surface area contributed by atoms with E-state index in [1.165, 1.54) is 19.2 Å². The maximum atomic E-state index is 11.0. The largest absolute Gasteiger partial charge is 0.496 e. The van der Waals surface area contributed by atoms with E-state index in [0.717, 1.165) is 22.5 Å². The van der Waals surface area contributed by atoms with Gasteiger partial charge in [0.05, 0.1) is 18.1 Å². The average Bonchev–Trinajstić information content (AvgIpc) is 2.62. The van der Waals surface area contributed by atoms with Crippen molar-refractivity contribution in [2.24, 2.45) is 0 Å². The second-order valence-corrected chi connectivity index (χ2v) is 5.18. The molecule has 3 rings (SSSR count). The number of ether oxygens (including phenoxy) is 1. The molecule has 0 aliphatic heterocycles. The van der Waals surface area contributed by atoms with Gasteiger partial charge >= 0.3 is 0 Å². The van der Waals surface area contributed by atoms with Crippen LogP contribution in [0.15, 0.2) is 72.8 Å². The van der Waals surface area contributed by atoms with Crippen LogP contribution >= 0.6 is 0 Å². The fourth-order valence-electron chi connectivity index (χ4n) is 2.52. The van der Waals surface area contributed by atoms with E-state index in [0.29, 0.717) is 5.75 Å². The highest BCUT2D eigenvalue weighted by atomic mass is 16.6. The van der Waals surface area contributed by atoms with E-state index in [2.05, 4.69) is 5.32 Å². The zero-order valence-electron chi connectivity index (χ0n) is 13.1. The second kappa shape index (κ2) is 6.83. The average molecular weight is 320 g/mol. The lowest BCUT2D eigenvalue weighted by Gasteiger charge is -2.14. The number of methoxy groups -OCH3 is 1. The lowest BCUT2D eigenvalue weighted by Crippen LogP contribution is -1.96. The van der Waals surface area contributed by atoms with Crippen LogP contribution in [0.25, 0.3) is 11.1 Å². The van der Waals surface area contributed by atoms with E-state index >= 15 is 0 Å². The summed E-state index contributed by atoms with van der Waals surface area (Å²) in [6, 6.07) is 22.2. The van der Waals surface area contributed by atoms with Gasteiger partial charge in [-0.1, -0.05) is 36.4 Å². The Morgan fingerprint density at radius 1 is 0.917 bits per heavy atom. The number of nitrogens with zero attached hydrogens (tertiary/aromatic N) is 1. The minimum Gasteiger partial charge on any atom is -0.496 e. The molecular formula is C19H16N2O3. The molecule has 3 aromatic rings. The van der Waals surface area contributed by atoms with Gasteiger partial charge < -0.3 is 10.1 Å². The van der Waals surface area contributed by atoms with Gasteiger partial charge in [-0.3, -0.25) is 10.1 Å². The number of rotatable bonds is 5. The highest BCUT2D eigenvalue weighted by molar-refractivity contribution is 5.84. The number of nitro benzene ring substituents is 1. The first-order valence-corrected chi connectivity index (χ1v) is 7.43. The molecule has 0 aliphatic rings. The molecule has 0 aliphatic carbocycles. The van der Waals surface area contributed by atoms with Crippen LogP contribution in [-0.4, -0.2) is 12.0 Å². The molecule has 0 atom stereocenters. The molecule has 0 bridgehead atoms. The molecule has 0 unspecified atom stereocenters. The third-order valence-corrected chi connectivity index (χ3v) is 3.67. The monoisotopic (exact) mass is 320 g/mol. The fourth-order valence-corrected chi connectivity index (χ4v) is 2.52. The number of anilines is 2. The SMILES string of the molecule is COc1cc([N+](=O)[O-])ccc1-c1ccccc1Nc1ccccc1. The van der Waals surface area contributed by atoms with Crippen molar-refractivity contribution in [1.82, 2.24) is 0 Å². The number of nitrogens with one attached hydrogen (secondary N) is 1. The summed E-state index contributed by atoms with van der Waals surface area (Å²) in [5.41, 5.74) is 3.57. The van der Waals surface area contributed by atoms with Crippen LogP contribution in [0.3, 0.4) is 0 Å². The molecule has 3 aromatic carbocycles. The third kappa shape index (κ3) is 3.20. The van der Waals surface area contributed by atoms with Crippen LogP contribution in [0.1, 0.15) is 0 Å². The summed E-state index contributed by atoms with van der Waals surface area (Å²) in [5.74, 6) is 0.464. The number of nitro groups is 1. The molecule has 5 nitrogen and oxygen atoms in total. The van der Waals surface area contributed by atoms with Gasteiger partial charge in [-0.15, -0.1) is 0 Å². The molecule has 0 aromatic heterocycles. The van der Waals surface area contributed by atoms with Crippen molar-refractivity contribution in [3.8, 4) is 16.9 Å². The molecule has 0 radical (unpaired) electrons. The van der Waals surface area contributed by atoms with Gasteiger partial charge in [-0.2, -0.15) is 0 Å². The standard InChI is InChI=1S/C19H16N2O3/c1-24-19-13-15(21(22)23)11-12-17(19)16-9-5-6-10-18(16)20-14-7-3-2-4-8-14/h2-13,20H,1H3. The van der Waals surface area contributed by atoms with E-state index in [4.69, 9.17) is 4.74 Å². The molecule has 1 N–H and O–H groups in total. The number of benzene rings is 3. The first kappa shape index (κ1) is 15.6. The van der Waals surface area contributed by atoms with E-state index in [-0.39, 0.29) is 5.69 Å². The quantitative estimate of drug-likeness (QED) is 0.530. The Labute approximate surface area is 139 Å². The number of para-hydroxylation sites is 2. The van der Waals surface area contributed by atoms with Crippen LogP contribution < -0.4 is 10.1 Å². The molecule has 0 amide bonds. The molecule has 0 saturated carbocycles. The van der Waals surface area contributed by atoms with Gasteiger partial charge in [0, 0.05) is 28.6 Å². The van der Waals surface area contributed by atoms with E-state index in [1.807, 2.05) is 54.6 Å². The second-order valence-electron chi connectivity index (χ2n) is 5.18.